The molecule has 2 aliphatic heterocycles. The highest BCUT2D eigenvalue weighted by Crippen LogP contribution is 2.51. The highest BCUT2D eigenvalue weighted by atomic mass is 32.2. The van der Waals surface area contributed by atoms with Gasteiger partial charge in [0.05, 0.1) is 29.1 Å². The van der Waals surface area contributed by atoms with Gasteiger partial charge in [-0.05, 0) is 44.4 Å². The van der Waals surface area contributed by atoms with Crippen LogP contribution in [0, 0.1) is 20.2 Å². The molecule has 214 valence electrons. The number of rotatable bonds is 9. The van der Waals surface area contributed by atoms with Crippen LogP contribution in [0.1, 0.15) is 43.9 Å². The lowest BCUT2D eigenvalue weighted by atomic mass is 9.87. The Balaban J connectivity index is 1.93. The molecular formula is C26H29N3O10S. The molecule has 0 bridgehead atoms. The molecule has 0 saturated carbocycles. The third kappa shape index (κ3) is 4.81. The predicted octanol–water partition coefficient (Wildman–Crippen LogP) is 2.91. The van der Waals surface area contributed by atoms with Gasteiger partial charge in [0.1, 0.15) is 0 Å². The minimum Gasteiger partial charge on any atom is -0.465 e. The SMILES string of the molecule is CCOC(=O)[C@@H]1[C@@H](c2ccc([N+](=O)[O-])cc2)N2CCC[C@H]2[C@@](Cc2ccc([N+](=O)[O-])cc2)(C(=O)OCC)S1(=O)=O. The summed E-state index contributed by atoms with van der Waals surface area (Å²) in [7, 11) is -4.73. The van der Waals surface area contributed by atoms with Gasteiger partial charge in [0, 0.05) is 36.7 Å². The monoisotopic (exact) mass is 575 g/mol. The number of carbonyl (C=O) groups is 2. The largest absolute Gasteiger partial charge is 0.465 e. The van der Waals surface area contributed by atoms with Crippen LogP contribution in [0.5, 0.6) is 0 Å². The van der Waals surface area contributed by atoms with Crippen LogP contribution in [-0.4, -0.2) is 70.9 Å². The van der Waals surface area contributed by atoms with Crippen LogP contribution in [0.25, 0.3) is 0 Å². The molecule has 0 spiro atoms. The van der Waals surface area contributed by atoms with Crippen molar-refractivity contribution in [2.75, 3.05) is 19.8 Å². The second kappa shape index (κ2) is 11.3. The van der Waals surface area contributed by atoms with Gasteiger partial charge in [0.25, 0.3) is 11.4 Å². The molecule has 0 aliphatic carbocycles. The van der Waals surface area contributed by atoms with Gasteiger partial charge in [0.2, 0.25) is 0 Å². The van der Waals surface area contributed by atoms with E-state index in [0.29, 0.717) is 30.5 Å². The topological polar surface area (TPSA) is 176 Å². The van der Waals surface area contributed by atoms with E-state index in [0.717, 1.165) is 0 Å². The van der Waals surface area contributed by atoms with E-state index in [4.69, 9.17) is 9.47 Å². The molecule has 40 heavy (non-hydrogen) atoms. The number of hydrogen-bond acceptors (Lipinski definition) is 11. The first-order valence-corrected chi connectivity index (χ1v) is 14.3. The number of carbonyl (C=O) groups excluding carboxylic acids is 2. The summed E-state index contributed by atoms with van der Waals surface area (Å²) < 4.78 is 37.8. The first kappa shape index (κ1) is 29.1. The molecule has 2 saturated heterocycles. The van der Waals surface area contributed by atoms with Crippen molar-refractivity contribution in [3.63, 3.8) is 0 Å². The maximum absolute atomic E-state index is 14.7. The van der Waals surface area contributed by atoms with Crippen molar-refractivity contribution in [3.05, 3.63) is 79.9 Å². The van der Waals surface area contributed by atoms with Crippen molar-refractivity contribution < 1.29 is 37.3 Å². The predicted molar refractivity (Wildman–Crippen MR) is 141 cm³/mol. The van der Waals surface area contributed by atoms with Gasteiger partial charge in [-0.1, -0.05) is 24.3 Å². The van der Waals surface area contributed by atoms with Crippen molar-refractivity contribution in [2.24, 2.45) is 0 Å². The summed E-state index contributed by atoms with van der Waals surface area (Å²) in [5.41, 5.74) is 0.287. The molecular weight excluding hydrogens is 546 g/mol. The second-order valence-electron chi connectivity index (χ2n) is 9.62. The summed E-state index contributed by atoms with van der Waals surface area (Å²) in [6.45, 7) is 3.19. The number of ether oxygens (including phenoxy) is 2. The number of hydrogen-bond donors (Lipinski definition) is 0. The number of fused-ring (bicyclic) bond motifs is 1. The number of sulfone groups is 1. The number of esters is 2. The zero-order valence-corrected chi connectivity index (χ0v) is 22.7. The Morgan fingerprint density at radius 2 is 1.50 bits per heavy atom. The lowest BCUT2D eigenvalue weighted by Gasteiger charge is -2.51. The smallest absolute Gasteiger partial charge is 0.329 e. The summed E-state index contributed by atoms with van der Waals surface area (Å²) in [6, 6.07) is 8.52. The van der Waals surface area contributed by atoms with Crippen LogP contribution in [0.2, 0.25) is 0 Å². The first-order chi connectivity index (χ1) is 19.0. The molecule has 0 radical (unpaired) electrons. The minimum atomic E-state index is -4.73. The highest BCUT2D eigenvalue weighted by molar-refractivity contribution is 7.95. The molecule has 4 atom stereocenters. The number of nitro benzene ring substituents is 2. The zero-order chi connectivity index (χ0) is 29.2. The van der Waals surface area contributed by atoms with Gasteiger partial charge in [-0.2, -0.15) is 0 Å². The van der Waals surface area contributed by atoms with Gasteiger partial charge < -0.3 is 9.47 Å². The van der Waals surface area contributed by atoms with Crippen LogP contribution < -0.4 is 0 Å². The Labute approximate surface area is 230 Å². The fraction of sp³-hybridized carbons (Fsp3) is 0.462. The van der Waals surface area contributed by atoms with Crippen molar-refractivity contribution in [2.45, 2.75) is 55.2 Å². The fourth-order valence-electron chi connectivity index (χ4n) is 5.86. The van der Waals surface area contributed by atoms with E-state index in [1.54, 1.807) is 11.8 Å². The Kier molecular flexibility index (Phi) is 8.21. The van der Waals surface area contributed by atoms with Crippen molar-refractivity contribution in [3.8, 4) is 0 Å². The minimum absolute atomic E-state index is 0.112. The van der Waals surface area contributed by atoms with E-state index in [-0.39, 0.29) is 31.0 Å². The first-order valence-electron chi connectivity index (χ1n) is 12.8. The molecule has 0 unspecified atom stereocenters. The lowest BCUT2D eigenvalue weighted by Crippen LogP contribution is -2.71. The van der Waals surface area contributed by atoms with Gasteiger partial charge in [-0.25, -0.2) is 8.42 Å². The molecule has 0 N–H and O–H groups in total. The van der Waals surface area contributed by atoms with Crippen LogP contribution in [0.15, 0.2) is 48.5 Å². The molecule has 2 aromatic carbocycles. The van der Waals surface area contributed by atoms with Crippen molar-refractivity contribution in [1.82, 2.24) is 4.90 Å². The van der Waals surface area contributed by atoms with E-state index in [1.807, 2.05) is 0 Å². The summed E-state index contributed by atoms with van der Waals surface area (Å²) in [5, 5.41) is 20.5. The highest BCUT2D eigenvalue weighted by Gasteiger charge is 2.70. The number of nitro groups is 2. The molecule has 2 fully saturated rings. The van der Waals surface area contributed by atoms with Crippen LogP contribution in [0.4, 0.5) is 11.4 Å². The van der Waals surface area contributed by atoms with E-state index in [1.165, 1.54) is 55.5 Å². The number of nitrogens with zero attached hydrogens (tertiary/aromatic N) is 3. The van der Waals surface area contributed by atoms with Gasteiger partial charge >= 0.3 is 11.9 Å². The maximum atomic E-state index is 14.7. The standard InChI is InChI=1S/C26H29N3O10S/c1-3-38-24(30)23-22(18-9-13-20(14-10-18)29(34)35)27-15-5-6-21(27)26(40(23,36)37,25(31)39-4-2)16-17-7-11-19(12-8-17)28(32)33/h7-14,21-23H,3-6,15-16H2,1-2H3/t21-,22+,23-,26-/m0/s1. The molecule has 14 heteroatoms. The van der Waals surface area contributed by atoms with Crippen molar-refractivity contribution >= 4 is 33.2 Å². The molecule has 0 aromatic heterocycles. The van der Waals surface area contributed by atoms with Crippen LogP contribution in [-0.2, 0) is 35.3 Å². The molecule has 2 aromatic rings. The fourth-order valence-corrected chi connectivity index (χ4v) is 8.58. The van der Waals surface area contributed by atoms with Gasteiger partial charge in [-0.3, -0.25) is 34.7 Å². The molecule has 2 heterocycles. The molecule has 13 nitrogen and oxygen atoms in total. The Hall–Kier alpha value is -3.91. The quantitative estimate of drug-likeness (QED) is 0.244. The van der Waals surface area contributed by atoms with Crippen molar-refractivity contribution in [1.29, 1.82) is 0 Å². The van der Waals surface area contributed by atoms with Gasteiger partial charge in [0.15, 0.2) is 19.8 Å². The number of non-ortho nitro benzene ring substituents is 2. The summed E-state index contributed by atoms with van der Waals surface area (Å²) in [6.07, 6.45) is 0.431. The Morgan fingerprint density at radius 3 is 2.02 bits per heavy atom. The van der Waals surface area contributed by atoms with Gasteiger partial charge in [-0.15, -0.1) is 0 Å². The Bertz CT molecular complexity index is 1410. The van der Waals surface area contributed by atoms with E-state index >= 15 is 0 Å². The zero-order valence-electron chi connectivity index (χ0n) is 21.9. The average Bonchev–Trinajstić information content (AvgIpc) is 3.40. The molecule has 0 amide bonds. The molecule has 2 aliphatic rings. The molecule has 4 rings (SSSR count). The summed E-state index contributed by atoms with van der Waals surface area (Å²) in [5.74, 6) is -2.06. The normalized spacial score (nSPS) is 25.5. The summed E-state index contributed by atoms with van der Waals surface area (Å²) >= 11 is 0. The third-order valence-corrected chi connectivity index (χ3v) is 10.2. The summed E-state index contributed by atoms with van der Waals surface area (Å²) in [4.78, 5) is 50.2. The number of benzene rings is 2. The van der Waals surface area contributed by atoms with E-state index in [9.17, 15) is 38.2 Å². The second-order valence-corrected chi connectivity index (χ2v) is 11.9. The lowest BCUT2D eigenvalue weighted by molar-refractivity contribution is -0.385. The third-order valence-electron chi connectivity index (χ3n) is 7.52. The Morgan fingerprint density at radius 1 is 0.950 bits per heavy atom. The van der Waals surface area contributed by atoms with Crippen LogP contribution >= 0.6 is 0 Å². The average molecular weight is 576 g/mol. The maximum Gasteiger partial charge on any atom is 0.329 e. The van der Waals surface area contributed by atoms with E-state index in [2.05, 4.69) is 0 Å². The van der Waals surface area contributed by atoms with E-state index < -0.39 is 53.7 Å². The van der Waals surface area contributed by atoms with Crippen LogP contribution in [0.3, 0.4) is 0 Å².